The van der Waals surface area contributed by atoms with E-state index < -0.39 is 5.60 Å². The lowest BCUT2D eigenvalue weighted by atomic mass is 10.1. The monoisotopic (exact) mass is 159 g/mol. The molecule has 0 aromatic heterocycles. The van der Waals surface area contributed by atoms with Crippen LogP contribution in [-0.4, -0.2) is 35.4 Å². The summed E-state index contributed by atoms with van der Waals surface area (Å²) in [5, 5.41) is 17.0. The number of ether oxygens (including phenoxy) is 1. The molecule has 0 aromatic rings. The Balaban J connectivity index is 2.29. The summed E-state index contributed by atoms with van der Waals surface area (Å²) >= 11 is 1.69. The third-order valence-corrected chi connectivity index (χ3v) is 2.68. The van der Waals surface area contributed by atoms with Crippen molar-refractivity contribution in [2.24, 2.45) is 0 Å². The predicted octanol–water partition coefficient (Wildman–Crippen LogP) is 0.00448. The minimum atomic E-state index is -0.576. The smallest absolute Gasteiger partial charge is 0.172 e. The second-order valence-corrected chi connectivity index (χ2v) is 3.16. The molecule has 1 N–H and O–H groups in total. The summed E-state index contributed by atoms with van der Waals surface area (Å²) in [5.41, 5.74) is -0.576. The van der Waals surface area contributed by atoms with Crippen molar-refractivity contribution in [1.82, 2.24) is 0 Å². The molecule has 10 heavy (non-hydrogen) atoms. The van der Waals surface area contributed by atoms with Gasteiger partial charge in [-0.25, -0.2) is 0 Å². The number of aliphatic hydroxyl groups is 1. The Labute approximate surface area is 64.0 Å². The van der Waals surface area contributed by atoms with Crippen LogP contribution >= 0.6 is 11.8 Å². The van der Waals surface area contributed by atoms with Gasteiger partial charge in [-0.05, 0) is 0 Å². The highest BCUT2D eigenvalue weighted by molar-refractivity contribution is 8.00. The highest BCUT2D eigenvalue weighted by Crippen LogP contribution is 2.31. The van der Waals surface area contributed by atoms with Crippen LogP contribution in [0.15, 0.2) is 0 Å². The fourth-order valence-electron chi connectivity index (χ4n) is 0.709. The second kappa shape index (κ2) is 3.24. The molecular weight excluding hydrogens is 150 g/mol. The summed E-state index contributed by atoms with van der Waals surface area (Å²) in [6, 6.07) is 2.10. The molecule has 0 aliphatic carbocycles. The molecule has 0 unspecified atom stereocenters. The number of nitriles is 1. The topological polar surface area (TPSA) is 53.2 Å². The van der Waals surface area contributed by atoms with Crippen molar-refractivity contribution in [3.63, 3.8) is 0 Å². The lowest BCUT2D eigenvalue weighted by Crippen LogP contribution is -2.45. The number of hydrogen-bond acceptors (Lipinski definition) is 4. The fourth-order valence-corrected chi connectivity index (χ4v) is 1.58. The number of rotatable bonds is 3. The largest absolute Gasteiger partial charge is 0.394 e. The van der Waals surface area contributed by atoms with Crippen molar-refractivity contribution in [1.29, 1.82) is 5.26 Å². The summed E-state index contributed by atoms with van der Waals surface area (Å²) in [6.07, 6.45) is 0. The zero-order chi connectivity index (χ0) is 7.45. The number of nitrogens with zero attached hydrogens (tertiary/aromatic N) is 1. The molecule has 56 valence electrons. The maximum Gasteiger partial charge on any atom is 0.172 e. The van der Waals surface area contributed by atoms with E-state index in [9.17, 15) is 0 Å². The van der Waals surface area contributed by atoms with Gasteiger partial charge in [-0.15, -0.1) is 0 Å². The van der Waals surface area contributed by atoms with Gasteiger partial charge in [0.2, 0.25) is 0 Å². The third kappa shape index (κ3) is 1.43. The average Bonchev–Trinajstić information content (AvgIpc) is 1.87. The molecule has 0 amide bonds. The van der Waals surface area contributed by atoms with Crippen molar-refractivity contribution in [2.45, 2.75) is 5.60 Å². The predicted molar refractivity (Wildman–Crippen MR) is 38.7 cm³/mol. The molecule has 1 fully saturated rings. The Morgan fingerprint density at radius 3 is 2.70 bits per heavy atom. The Morgan fingerprint density at radius 1 is 1.70 bits per heavy atom. The van der Waals surface area contributed by atoms with E-state index in [1.54, 1.807) is 11.8 Å². The first-order chi connectivity index (χ1) is 4.83. The molecule has 1 aliphatic rings. The fraction of sp³-hybridized carbons (Fsp3) is 0.833. The van der Waals surface area contributed by atoms with Crippen LogP contribution in [0.25, 0.3) is 0 Å². The van der Waals surface area contributed by atoms with Crippen molar-refractivity contribution in [3.05, 3.63) is 0 Å². The van der Waals surface area contributed by atoms with E-state index in [0.717, 1.165) is 11.5 Å². The van der Waals surface area contributed by atoms with Crippen molar-refractivity contribution < 1.29 is 9.84 Å². The third-order valence-electron chi connectivity index (χ3n) is 1.34. The highest BCUT2D eigenvalue weighted by Gasteiger charge is 2.38. The average molecular weight is 159 g/mol. The molecular formula is C6H9NO2S. The van der Waals surface area contributed by atoms with Crippen LogP contribution in [0, 0.1) is 11.3 Å². The van der Waals surface area contributed by atoms with Gasteiger partial charge in [-0.2, -0.15) is 17.0 Å². The van der Waals surface area contributed by atoms with Gasteiger partial charge in [-0.1, -0.05) is 0 Å². The molecule has 0 bridgehead atoms. The Hall–Kier alpha value is -0.240. The lowest BCUT2D eigenvalue weighted by molar-refractivity contribution is 0.00392. The summed E-state index contributed by atoms with van der Waals surface area (Å²) in [7, 11) is 0. The number of hydrogen-bond donors (Lipinski definition) is 1. The Bertz CT molecular complexity index is 150. The molecule has 1 aliphatic heterocycles. The summed E-state index contributed by atoms with van der Waals surface area (Å²) in [5.74, 6) is 1.48. The molecule has 0 radical (unpaired) electrons. The zero-order valence-electron chi connectivity index (χ0n) is 5.54. The van der Waals surface area contributed by atoms with Crippen molar-refractivity contribution in [2.75, 3.05) is 24.7 Å². The normalized spacial score (nSPS) is 21.2. The van der Waals surface area contributed by atoms with Gasteiger partial charge in [0.05, 0.1) is 19.3 Å². The molecule has 3 nitrogen and oxygen atoms in total. The van der Waals surface area contributed by atoms with E-state index in [2.05, 4.69) is 6.07 Å². The van der Waals surface area contributed by atoms with Crippen LogP contribution in [0.2, 0.25) is 0 Å². The minimum absolute atomic E-state index is 0.00586. The van der Waals surface area contributed by atoms with Gasteiger partial charge in [0.1, 0.15) is 0 Å². The second-order valence-electron chi connectivity index (χ2n) is 2.17. The standard InChI is InChI=1S/C6H9NO2S/c7-3-6(4-10-5-6)9-2-1-8/h8H,1-2,4-5H2. The minimum Gasteiger partial charge on any atom is -0.394 e. The van der Waals surface area contributed by atoms with E-state index in [1.807, 2.05) is 0 Å². The van der Waals surface area contributed by atoms with E-state index in [0.29, 0.717) is 0 Å². The maximum absolute atomic E-state index is 8.59. The lowest BCUT2D eigenvalue weighted by Gasteiger charge is -2.33. The molecule has 0 aromatic carbocycles. The summed E-state index contributed by atoms with van der Waals surface area (Å²) < 4.78 is 5.13. The van der Waals surface area contributed by atoms with Gasteiger partial charge in [0.25, 0.3) is 0 Å². The van der Waals surface area contributed by atoms with E-state index in [4.69, 9.17) is 15.1 Å². The van der Waals surface area contributed by atoms with Gasteiger partial charge in [0.15, 0.2) is 5.60 Å². The van der Waals surface area contributed by atoms with Crippen molar-refractivity contribution in [3.8, 4) is 6.07 Å². The van der Waals surface area contributed by atoms with E-state index >= 15 is 0 Å². The van der Waals surface area contributed by atoms with E-state index in [-0.39, 0.29) is 13.2 Å². The van der Waals surface area contributed by atoms with Crippen LogP contribution in [0.5, 0.6) is 0 Å². The molecule has 0 saturated carbocycles. The van der Waals surface area contributed by atoms with Gasteiger partial charge in [-0.3, -0.25) is 0 Å². The molecule has 4 heteroatoms. The van der Waals surface area contributed by atoms with Crippen LogP contribution in [0.3, 0.4) is 0 Å². The van der Waals surface area contributed by atoms with Crippen LogP contribution < -0.4 is 0 Å². The van der Waals surface area contributed by atoms with Crippen molar-refractivity contribution >= 4 is 11.8 Å². The van der Waals surface area contributed by atoms with E-state index in [1.165, 1.54) is 0 Å². The quantitative estimate of drug-likeness (QED) is 0.630. The summed E-state index contributed by atoms with van der Waals surface area (Å²) in [6.45, 7) is 0.266. The Kier molecular flexibility index (Phi) is 2.55. The molecule has 1 saturated heterocycles. The SMILES string of the molecule is N#CC1(OCCO)CSC1. The molecule has 1 heterocycles. The molecule has 0 atom stereocenters. The number of thioether (sulfide) groups is 1. The summed E-state index contributed by atoms with van der Waals surface area (Å²) in [4.78, 5) is 0. The first-order valence-electron chi connectivity index (χ1n) is 3.07. The Morgan fingerprint density at radius 2 is 2.40 bits per heavy atom. The highest BCUT2D eigenvalue weighted by atomic mass is 32.2. The van der Waals surface area contributed by atoms with Gasteiger partial charge in [0, 0.05) is 11.5 Å². The van der Waals surface area contributed by atoms with Gasteiger partial charge >= 0.3 is 0 Å². The molecule has 0 spiro atoms. The van der Waals surface area contributed by atoms with Crippen LogP contribution in [0.4, 0.5) is 0 Å². The zero-order valence-corrected chi connectivity index (χ0v) is 6.36. The maximum atomic E-state index is 8.59. The van der Waals surface area contributed by atoms with Crippen LogP contribution in [0.1, 0.15) is 0 Å². The molecule has 1 rings (SSSR count). The van der Waals surface area contributed by atoms with Crippen LogP contribution in [-0.2, 0) is 4.74 Å². The first kappa shape index (κ1) is 7.86. The van der Waals surface area contributed by atoms with Gasteiger partial charge < -0.3 is 9.84 Å². The first-order valence-corrected chi connectivity index (χ1v) is 4.22. The number of aliphatic hydroxyl groups excluding tert-OH is 1.